The molecule has 1 aromatic carbocycles. The Labute approximate surface area is 116 Å². The molecule has 0 aromatic heterocycles. The van der Waals surface area contributed by atoms with Crippen molar-refractivity contribution in [2.75, 3.05) is 32.8 Å². The maximum atomic E-state index is 9.36. The largest absolute Gasteiger partial charge is 0.396 e. The van der Waals surface area contributed by atoms with Gasteiger partial charge in [-0.3, -0.25) is 4.90 Å². The molecule has 0 unspecified atom stereocenters. The van der Waals surface area contributed by atoms with Crippen LogP contribution >= 0.6 is 0 Å². The standard InChI is InChI=1S/C16H26N2O/c1-13(2)14-4-3-5-15(12-14)16(6-11-19)18-9-7-17-8-10-18/h3-5,12-13,16-17,19H,6-11H2,1-2H3/t16-/m1/s1. The number of hydrogen-bond donors (Lipinski definition) is 2. The van der Waals surface area contributed by atoms with Gasteiger partial charge in [-0.25, -0.2) is 0 Å². The van der Waals surface area contributed by atoms with E-state index in [2.05, 4.69) is 48.3 Å². The average Bonchev–Trinajstić information content (AvgIpc) is 2.46. The molecule has 2 rings (SSSR count). The van der Waals surface area contributed by atoms with Crippen LogP contribution in [0.3, 0.4) is 0 Å². The van der Waals surface area contributed by atoms with Gasteiger partial charge in [0.15, 0.2) is 0 Å². The molecular formula is C16H26N2O. The van der Waals surface area contributed by atoms with Crippen LogP contribution in [0, 0.1) is 0 Å². The fraction of sp³-hybridized carbons (Fsp3) is 0.625. The molecule has 2 N–H and O–H groups in total. The van der Waals surface area contributed by atoms with Gasteiger partial charge in [0.1, 0.15) is 0 Å². The fourth-order valence-corrected chi connectivity index (χ4v) is 2.80. The summed E-state index contributed by atoms with van der Waals surface area (Å²) in [5, 5.41) is 12.8. The number of rotatable bonds is 5. The molecule has 106 valence electrons. The molecule has 3 nitrogen and oxygen atoms in total. The molecule has 1 atom stereocenters. The van der Waals surface area contributed by atoms with Crippen LogP contribution in [0.4, 0.5) is 0 Å². The zero-order valence-corrected chi connectivity index (χ0v) is 12.1. The maximum absolute atomic E-state index is 9.36. The summed E-state index contributed by atoms with van der Waals surface area (Å²) in [6, 6.07) is 9.21. The van der Waals surface area contributed by atoms with E-state index in [1.54, 1.807) is 0 Å². The van der Waals surface area contributed by atoms with E-state index in [1.807, 2.05) is 0 Å². The molecule has 1 heterocycles. The van der Waals surface area contributed by atoms with Crippen LogP contribution in [0.1, 0.15) is 43.4 Å². The van der Waals surface area contributed by atoms with Gasteiger partial charge in [-0.2, -0.15) is 0 Å². The third-order valence-corrected chi connectivity index (χ3v) is 3.96. The summed E-state index contributed by atoms with van der Waals surface area (Å²) in [4.78, 5) is 2.49. The minimum atomic E-state index is 0.250. The lowest BCUT2D eigenvalue weighted by atomic mass is 9.95. The van der Waals surface area contributed by atoms with Gasteiger partial charge in [0, 0.05) is 38.8 Å². The molecule has 0 aliphatic carbocycles. The Bertz CT molecular complexity index is 386. The van der Waals surface area contributed by atoms with Crippen molar-refractivity contribution < 1.29 is 5.11 Å². The van der Waals surface area contributed by atoms with Crippen LogP contribution in [-0.2, 0) is 0 Å². The van der Waals surface area contributed by atoms with Crippen LogP contribution in [0.15, 0.2) is 24.3 Å². The predicted octanol–water partition coefficient (Wildman–Crippen LogP) is 2.14. The van der Waals surface area contributed by atoms with Crippen molar-refractivity contribution in [1.82, 2.24) is 10.2 Å². The minimum absolute atomic E-state index is 0.250. The van der Waals surface area contributed by atoms with Crippen LogP contribution in [0.2, 0.25) is 0 Å². The first kappa shape index (κ1) is 14.5. The van der Waals surface area contributed by atoms with Gasteiger partial charge in [-0.1, -0.05) is 38.1 Å². The highest BCUT2D eigenvalue weighted by Crippen LogP contribution is 2.27. The summed E-state index contributed by atoms with van der Waals surface area (Å²) < 4.78 is 0. The lowest BCUT2D eigenvalue weighted by Gasteiger charge is -2.35. The van der Waals surface area contributed by atoms with Gasteiger partial charge in [-0.15, -0.1) is 0 Å². The maximum Gasteiger partial charge on any atom is 0.0449 e. The third-order valence-electron chi connectivity index (χ3n) is 3.96. The van der Waals surface area contributed by atoms with Gasteiger partial charge in [0.05, 0.1) is 0 Å². The Morgan fingerprint density at radius 1 is 1.21 bits per heavy atom. The Balaban J connectivity index is 2.19. The van der Waals surface area contributed by atoms with Crippen LogP contribution in [0.25, 0.3) is 0 Å². The summed E-state index contributed by atoms with van der Waals surface area (Å²) in [5.41, 5.74) is 2.73. The smallest absolute Gasteiger partial charge is 0.0449 e. The van der Waals surface area contributed by atoms with Gasteiger partial charge in [0.25, 0.3) is 0 Å². The van der Waals surface area contributed by atoms with Crippen molar-refractivity contribution in [3.63, 3.8) is 0 Å². The lowest BCUT2D eigenvalue weighted by Crippen LogP contribution is -2.45. The van der Waals surface area contributed by atoms with Crippen molar-refractivity contribution in [2.24, 2.45) is 0 Å². The Kier molecular flexibility index (Phi) is 5.37. The van der Waals surface area contributed by atoms with Crippen LogP contribution in [0.5, 0.6) is 0 Å². The molecule has 1 saturated heterocycles. The Hall–Kier alpha value is -0.900. The van der Waals surface area contributed by atoms with E-state index in [9.17, 15) is 5.11 Å². The second-order valence-corrected chi connectivity index (χ2v) is 5.64. The van der Waals surface area contributed by atoms with Crippen molar-refractivity contribution in [3.8, 4) is 0 Å². The number of nitrogens with one attached hydrogen (secondary N) is 1. The molecule has 0 saturated carbocycles. The number of aliphatic hydroxyl groups excluding tert-OH is 1. The average molecular weight is 262 g/mol. The third kappa shape index (κ3) is 3.78. The summed E-state index contributed by atoms with van der Waals surface area (Å²) in [5.74, 6) is 0.553. The zero-order valence-electron chi connectivity index (χ0n) is 12.1. The van der Waals surface area contributed by atoms with E-state index in [-0.39, 0.29) is 6.61 Å². The number of benzene rings is 1. The first-order valence-electron chi connectivity index (χ1n) is 7.38. The molecule has 19 heavy (non-hydrogen) atoms. The van der Waals surface area contributed by atoms with Gasteiger partial charge >= 0.3 is 0 Å². The predicted molar refractivity (Wildman–Crippen MR) is 79.4 cm³/mol. The van der Waals surface area contributed by atoms with Crippen LogP contribution < -0.4 is 5.32 Å². The highest BCUT2D eigenvalue weighted by molar-refractivity contribution is 5.28. The highest BCUT2D eigenvalue weighted by atomic mass is 16.3. The van der Waals surface area contributed by atoms with Crippen molar-refractivity contribution in [1.29, 1.82) is 0 Å². The summed E-state index contributed by atoms with van der Waals surface area (Å²) >= 11 is 0. The molecule has 1 fully saturated rings. The van der Waals surface area contributed by atoms with E-state index in [1.165, 1.54) is 11.1 Å². The molecule has 0 spiro atoms. The van der Waals surface area contributed by atoms with Crippen molar-refractivity contribution >= 4 is 0 Å². The SMILES string of the molecule is CC(C)c1cccc([C@@H](CCO)N2CCNCC2)c1. The van der Waals surface area contributed by atoms with E-state index in [0.29, 0.717) is 12.0 Å². The van der Waals surface area contributed by atoms with Crippen molar-refractivity contribution in [3.05, 3.63) is 35.4 Å². The van der Waals surface area contributed by atoms with Gasteiger partial charge in [-0.05, 0) is 23.5 Å². The second kappa shape index (κ2) is 7.04. The van der Waals surface area contributed by atoms with E-state index < -0.39 is 0 Å². The normalized spacial score (nSPS) is 18.7. The molecular weight excluding hydrogens is 236 g/mol. The topological polar surface area (TPSA) is 35.5 Å². The number of hydrogen-bond acceptors (Lipinski definition) is 3. The van der Waals surface area contributed by atoms with Gasteiger partial charge in [0.2, 0.25) is 0 Å². The molecule has 1 aromatic rings. The fourth-order valence-electron chi connectivity index (χ4n) is 2.80. The highest BCUT2D eigenvalue weighted by Gasteiger charge is 2.21. The first-order chi connectivity index (χ1) is 9.22. The first-order valence-corrected chi connectivity index (χ1v) is 7.38. The molecule has 3 heteroatoms. The Morgan fingerprint density at radius 3 is 2.53 bits per heavy atom. The van der Waals surface area contributed by atoms with Gasteiger partial charge < -0.3 is 10.4 Å². The number of nitrogens with zero attached hydrogens (tertiary/aromatic N) is 1. The summed E-state index contributed by atoms with van der Waals surface area (Å²) in [6.45, 7) is 8.93. The number of aliphatic hydroxyl groups is 1. The summed E-state index contributed by atoms with van der Waals surface area (Å²) in [7, 11) is 0. The lowest BCUT2D eigenvalue weighted by molar-refractivity contribution is 0.141. The molecule has 0 radical (unpaired) electrons. The second-order valence-electron chi connectivity index (χ2n) is 5.64. The molecule has 1 aliphatic rings. The van der Waals surface area contributed by atoms with E-state index in [0.717, 1.165) is 32.6 Å². The molecule has 0 amide bonds. The molecule has 1 aliphatic heterocycles. The van der Waals surface area contributed by atoms with Crippen LogP contribution in [-0.4, -0.2) is 42.8 Å². The quantitative estimate of drug-likeness (QED) is 0.853. The molecule has 0 bridgehead atoms. The minimum Gasteiger partial charge on any atom is -0.396 e. The summed E-state index contributed by atoms with van der Waals surface area (Å²) in [6.07, 6.45) is 0.821. The zero-order chi connectivity index (χ0) is 13.7. The number of piperazine rings is 1. The van der Waals surface area contributed by atoms with E-state index in [4.69, 9.17) is 0 Å². The van der Waals surface area contributed by atoms with E-state index >= 15 is 0 Å². The van der Waals surface area contributed by atoms with Crippen molar-refractivity contribution in [2.45, 2.75) is 32.2 Å². The Morgan fingerprint density at radius 2 is 1.89 bits per heavy atom. The monoisotopic (exact) mass is 262 g/mol.